The summed E-state index contributed by atoms with van der Waals surface area (Å²) in [6.07, 6.45) is 0. The molecule has 0 aliphatic heterocycles. The van der Waals surface area contributed by atoms with E-state index in [0.29, 0.717) is 16.2 Å². The highest BCUT2D eigenvalue weighted by Gasteiger charge is 2.16. The van der Waals surface area contributed by atoms with Crippen LogP contribution >= 0.6 is 11.3 Å². The first-order valence-electron chi connectivity index (χ1n) is 6.45. The minimum absolute atomic E-state index is 0.0137. The number of anilines is 1. The van der Waals surface area contributed by atoms with Crippen LogP contribution in [0.5, 0.6) is 0 Å². The number of nitro benzene ring substituents is 1. The molecule has 3 N–H and O–H groups in total. The lowest BCUT2D eigenvalue weighted by Crippen LogP contribution is -2.15. The van der Waals surface area contributed by atoms with E-state index in [1.54, 1.807) is 17.5 Å². The van der Waals surface area contributed by atoms with Gasteiger partial charge in [0, 0.05) is 23.1 Å². The van der Waals surface area contributed by atoms with Crippen molar-refractivity contribution in [2.24, 2.45) is 0 Å². The number of nitro groups is 1. The number of nitrogens with zero attached hydrogens (tertiary/aromatic N) is 4. The van der Waals surface area contributed by atoms with Gasteiger partial charge < -0.3 is 5.73 Å². The van der Waals surface area contributed by atoms with Crippen molar-refractivity contribution < 1.29 is 4.92 Å². The SMILES string of the molecule is Nc1[nH]nc2nc3scc(-c4ccc([N+](=O)[O-])cc4)n3c(=O)c12. The van der Waals surface area contributed by atoms with Gasteiger partial charge >= 0.3 is 0 Å². The molecule has 4 aromatic rings. The van der Waals surface area contributed by atoms with Crippen molar-refractivity contribution in [3.05, 3.63) is 50.1 Å². The average Bonchev–Trinajstić information content (AvgIpc) is 3.12. The van der Waals surface area contributed by atoms with E-state index in [0.717, 1.165) is 0 Å². The van der Waals surface area contributed by atoms with Crippen LogP contribution in [0.4, 0.5) is 11.5 Å². The van der Waals surface area contributed by atoms with E-state index in [-0.39, 0.29) is 28.1 Å². The van der Waals surface area contributed by atoms with Crippen molar-refractivity contribution in [2.45, 2.75) is 0 Å². The van der Waals surface area contributed by atoms with Crippen LogP contribution in [0.2, 0.25) is 0 Å². The molecule has 0 radical (unpaired) electrons. The lowest BCUT2D eigenvalue weighted by molar-refractivity contribution is -0.384. The van der Waals surface area contributed by atoms with E-state index in [4.69, 9.17) is 5.73 Å². The molecule has 9 nitrogen and oxygen atoms in total. The molecule has 1 aromatic carbocycles. The Hall–Kier alpha value is -3.27. The third kappa shape index (κ3) is 1.89. The van der Waals surface area contributed by atoms with Gasteiger partial charge in [0.2, 0.25) is 0 Å². The molecule has 0 saturated carbocycles. The predicted octanol–water partition coefficient (Wildman–Crippen LogP) is 1.79. The average molecular weight is 328 g/mol. The Kier molecular flexibility index (Phi) is 2.69. The second-order valence-electron chi connectivity index (χ2n) is 4.80. The van der Waals surface area contributed by atoms with Crippen LogP contribution in [0.25, 0.3) is 27.3 Å². The summed E-state index contributed by atoms with van der Waals surface area (Å²) in [6.45, 7) is 0. The number of nitrogen functional groups attached to an aromatic ring is 1. The molecule has 0 aliphatic carbocycles. The van der Waals surface area contributed by atoms with Crippen molar-refractivity contribution in [3.63, 3.8) is 0 Å². The summed E-state index contributed by atoms with van der Waals surface area (Å²) in [5.41, 5.74) is 6.93. The maximum atomic E-state index is 12.7. The first kappa shape index (κ1) is 13.4. The third-order valence-electron chi connectivity index (χ3n) is 3.48. The lowest BCUT2D eigenvalue weighted by Gasteiger charge is -2.01. The fraction of sp³-hybridized carbons (Fsp3) is 0. The van der Waals surface area contributed by atoms with E-state index < -0.39 is 4.92 Å². The van der Waals surface area contributed by atoms with Crippen molar-refractivity contribution in [2.75, 3.05) is 5.73 Å². The van der Waals surface area contributed by atoms with Crippen LogP contribution in [-0.4, -0.2) is 24.5 Å². The van der Waals surface area contributed by atoms with E-state index >= 15 is 0 Å². The highest BCUT2D eigenvalue weighted by atomic mass is 32.1. The molecule has 0 spiro atoms. The number of thiazole rings is 1. The van der Waals surface area contributed by atoms with Crippen molar-refractivity contribution in [1.82, 2.24) is 19.6 Å². The molecule has 0 saturated heterocycles. The number of hydrogen-bond acceptors (Lipinski definition) is 7. The Bertz CT molecular complexity index is 1120. The van der Waals surface area contributed by atoms with E-state index in [9.17, 15) is 14.9 Å². The Labute approximate surface area is 131 Å². The highest BCUT2D eigenvalue weighted by Crippen LogP contribution is 2.27. The molecule has 0 fully saturated rings. The van der Waals surface area contributed by atoms with Gasteiger partial charge in [-0.3, -0.25) is 24.4 Å². The van der Waals surface area contributed by atoms with Gasteiger partial charge in [0.05, 0.1) is 10.6 Å². The largest absolute Gasteiger partial charge is 0.383 e. The molecule has 4 rings (SSSR count). The molecule has 114 valence electrons. The van der Waals surface area contributed by atoms with E-state index in [2.05, 4.69) is 15.2 Å². The number of rotatable bonds is 2. The Balaban J connectivity index is 2.00. The van der Waals surface area contributed by atoms with Gasteiger partial charge in [0.1, 0.15) is 11.2 Å². The number of fused-ring (bicyclic) bond motifs is 2. The van der Waals surface area contributed by atoms with Crippen LogP contribution in [0, 0.1) is 10.1 Å². The maximum Gasteiger partial charge on any atom is 0.272 e. The molecule has 0 unspecified atom stereocenters. The topological polar surface area (TPSA) is 132 Å². The maximum absolute atomic E-state index is 12.7. The number of nitrogens with one attached hydrogen (secondary N) is 1. The quantitative estimate of drug-likeness (QED) is 0.426. The predicted molar refractivity (Wildman–Crippen MR) is 85.5 cm³/mol. The standard InChI is InChI=1S/C13H8N6O3S/c14-10-9-11(17-16-10)15-13-18(12(9)20)8(5-23-13)6-1-3-7(4-2-6)19(21)22/h1-5H,(H3,14,16,17). The van der Waals surface area contributed by atoms with Crippen LogP contribution in [0.3, 0.4) is 0 Å². The fourth-order valence-corrected chi connectivity index (χ4v) is 3.26. The fourth-order valence-electron chi connectivity index (χ4n) is 2.38. The van der Waals surface area contributed by atoms with Crippen LogP contribution in [-0.2, 0) is 0 Å². The van der Waals surface area contributed by atoms with E-state index in [1.807, 2.05) is 0 Å². The van der Waals surface area contributed by atoms with Gasteiger partial charge in [0.25, 0.3) is 11.2 Å². The van der Waals surface area contributed by atoms with Gasteiger partial charge in [-0.15, -0.1) is 11.3 Å². The molecule has 0 bridgehead atoms. The zero-order chi connectivity index (χ0) is 16.1. The number of aromatic amines is 1. The lowest BCUT2D eigenvalue weighted by atomic mass is 10.1. The monoisotopic (exact) mass is 328 g/mol. The molecule has 10 heteroatoms. The Morgan fingerprint density at radius 3 is 2.74 bits per heavy atom. The van der Waals surface area contributed by atoms with Crippen LogP contribution in [0.1, 0.15) is 0 Å². The third-order valence-corrected chi connectivity index (χ3v) is 4.30. The van der Waals surface area contributed by atoms with Crippen molar-refractivity contribution in [1.29, 1.82) is 0 Å². The van der Waals surface area contributed by atoms with Crippen molar-refractivity contribution in [3.8, 4) is 11.3 Å². The summed E-state index contributed by atoms with van der Waals surface area (Å²) in [5.74, 6) is 0.160. The normalized spacial score (nSPS) is 11.3. The molecular weight excluding hydrogens is 320 g/mol. The molecule has 3 aromatic heterocycles. The van der Waals surface area contributed by atoms with Gasteiger partial charge in [-0.2, -0.15) is 10.1 Å². The molecule has 3 heterocycles. The van der Waals surface area contributed by atoms with Crippen molar-refractivity contribution >= 4 is 38.8 Å². The van der Waals surface area contributed by atoms with Gasteiger partial charge in [-0.05, 0) is 12.1 Å². The molecule has 0 atom stereocenters. The number of hydrogen-bond donors (Lipinski definition) is 2. The first-order valence-corrected chi connectivity index (χ1v) is 7.33. The summed E-state index contributed by atoms with van der Waals surface area (Å²) in [7, 11) is 0. The molecule has 0 amide bonds. The van der Waals surface area contributed by atoms with Gasteiger partial charge in [-0.25, -0.2) is 0 Å². The Morgan fingerprint density at radius 2 is 2.04 bits per heavy atom. The summed E-state index contributed by atoms with van der Waals surface area (Å²) in [6, 6.07) is 5.97. The zero-order valence-corrected chi connectivity index (χ0v) is 12.2. The van der Waals surface area contributed by atoms with E-state index in [1.165, 1.54) is 27.9 Å². The number of aromatic nitrogens is 4. The second-order valence-corrected chi connectivity index (χ2v) is 5.63. The van der Waals surface area contributed by atoms with Gasteiger partial charge in [0.15, 0.2) is 10.6 Å². The summed E-state index contributed by atoms with van der Waals surface area (Å²) in [4.78, 5) is 27.7. The minimum Gasteiger partial charge on any atom is -0.383 e. The second kappa shape index (κ2) is 4.61. The minimum atomic E-state index is -0.473. The number of benzene rings is 1. The summed E-state index contributed by atoms with van der Waals surface area (Å²) < 4.78 is 1.43. The smallest absolute Gasteiger partial charge is 0.272 e. The summed E-state index contributed by atoms with van der Waals surface area (Å²) >= 11 is 1.28. The van der Waals surface area contributed by atoms with Gasteiger partial charge in [-0.1, -0.05) is 0 Å². The highest BCUT2D eigenvalue weighted by molar-refractivity contribution is 7.15. The summed E-state index contributed by atoms with van der Waals surface area (Å²) in [5, 5.41) is 19.2. The first-order chi connectivity index (χ1) is 11.1. The Morgan fingerprint density at radius 1 is 1.30 bits per heavy atom. The molecule has 0 aliphatic rings. The van der Waals surface area contributed by atoms with Crippen LogP contribution < -0.4 is 11.3 Å². The van der Waals surface area contributed by atoms with Crippen LogP contribution in [0.15, 0.2) is 34.4 Å². The molecule has 23 heavy (non-hydrogen) atoms. The zero-order valence-electron chi connectivity index (χ0n) is 11.4. The number of H-pyrrole nitrogens is 1. The number of nitrogens with two attached hydrogens (primary N) is 1. The molecular formula is C13H8N6O3S. The number of non-ortho nitro benzene ring substituents is 1.